The zero-order valence-electron chi connectivity index (χ0n) is 10.3. The molecule has 4 nitrogen and oxygen atoms in total. The molecule has 0 saturated heterocycles. The molecule has 0 rings (SSSR count). The third-order valence-corrected chi connectivity index (χ3v) is 2.65. The predicted molar refractivity (Wildman–Crippen MR) is 60.2 cm³/mol. The number of hydrogen-bond acceptors (Lipinski definition) is 3. The van der Waals surface area contributed by atoms with E-state index in [1.165, 1.54) is 4.90 Å². The lowest BCUT2D eigenvalue weighted by molar-refractivity contribution is -0.131. The minimum absolute atomic E-state index is 0.0127. The minimum atomic E-state index is -0.357. The molecule has 1 atom stereocenters. The first kappa shape index (κ1) is 13.9. The van der Waals surface area contributed by atoms with Crippen LogP contribution in [0, 0.1) is 11.3 Å². The molecule has 0 aliphatic rings. The van der Waals surface area contributed by atoms with E-state index in [0.29, 0.717) is 19.0 Å². The first-order chi connectivity index (χ1) is 6.93. The van der Waals surface area contributed by atoms with Crippen LogP contribution >= 0.6 is 0 Å². The zero-order chi connectivity index (χ0) is 12.0. The third kappa shape index (κ3) is 4.30. The van der Waals surface area contributed by atoms with Crippen molar-refractivity contribution in [3.8, 4) is 6.07 Å². The molecule has 1 unspecified atom stereocenters. The van der Waals surface area contributed by atoms with Gasteiger partial charge < -0.3 is 9.80 Å². The average molecular weight is 211 g/mol. The molecule has 0 saturated carbocycles. The number of likely N-dealkylation sites (N-methyl/N-ethyl adjacent to an activating group) is 2. The summed E-state index contributed by atoms with van der Waals surface area (Å²) in [7, 11) is 3.65. The van der Waals surface area contributed by atoms with Crippen molar-refractivity contribution in [2.75, 3.05) is 20.6 Å². The second kappa shape index (κ2) is 6.41. The summed E-state index contributed by atoms with van der Waals surface area (Å²) in [6.45, 7) is 6.53. The molecule has 0 radical (unpaired) electrons. The standard InChI is InChI=1S/C11H21N3O/c1-6-11(15)14(5)10(7-12)8-13(4)9(2)3/h9-10H,6,8H2,1-5H3. The first-order valence-electron chi connectivity index (χ1n) is 5.29. The molecule has 1 amide bonds. The summed E-state index contributed by atoms with van der Waals surface area (Å²) in [5.41, 5.74) is 0. The Balaban J connectivity index is 4.38. The average Bonchev–Trinajstić information content (AvgIpc) is 2.23. The van der Waals surface area contributed by atoms with Crippen molar-refractivity contribution < 1.29 is 4.79 Å². The predicted octanol–water partition coefficient (Wildman–Crippen LogP) is 1.09. The normalized spacial score (nSPS) is 12.7. The van der Waals surface area contributed by atoms with Crippen molar-refractivity contribution in [1.82, 2.24) is 9.80 Å². The van der Waals surface area contributed by atoms with Gasteiger partial charge in [0.15, 0.2) is 0 Å². The highest BCUT2D eigenvalue weighted by molar-refractivity contribution is 5.76. The smallest absolute Gasteiger partial charge is 0.223 e. The molecule has 0 aromatic rings. The quantitative estimate of drug-likeness (QED) is 0.684. The summed E-state index contributed by atoms with van der Waals surface area (Å²) in [4.78, 5) is 15.0. The Labute approximate surface area is 92.5 Å². The Morgan fingerprint density at radius 1 is 1.40 bits per heavy atom. The van der Waals surface area contributed by atoms with Gasteiger partial charge in [0.2, 0.25) is 5.91 Å². The van der Waals surface area contributed by atoms with Crippen molar-refractivity contribution in [2.45, 2.75) is 39.3 Å². The van der Waals surface area contributed by atoms with E-state index in [9.17, 15) is 4.79 Å². The highest BCUT2D eigenvalue weighted by atomic mass is 16.2. The van der Waals surface area contributed by atoms with Gasteiger partial charge in [0.25, 0.3) is 0 Å². The number of amides is 1. The molecule has 0 heterocycles. The van der Waals surface area contributed by atoms with E-state index < -0.39 is 0 Å². The molecule has 86 valence electrons. The summed E-state index contributed by atoms with van der Waals surface area (Å²) in [5.74, 6) is 0.0127. The highest BCUT2D eigenvalue weighted by Gasteiger charge is 2.20. The minimum Gasteiger partial charge on any atom is -0.328 e. The number of hydrogen-bond donors (Lipinski definition) is 0. The molecule has 0 fully saturated rings. The maximum atomic E-state index is 11.4. The van der Waals surface area contributed by atoms with Gasteiger partial charge in [0.05, 0.1) is 6.07 Å². The van der Waals surface area contributed by atoms with Gasteiger partial charge in [-0.1, -0.05) is 6.92 Å². The molecular formula is C11H21N3O. The molecule has 15 heavy (non-hydrogen) atoms. The van der Waals surface area contributed by atoms with Crippen molar-refractivity contribution >= 4 is 5.91 Å². The molecule has 0 aliphatic carbocycles. The van der Waals surface area contributed by atoms with Crippen LogP contribution < -0.4 is 0 Å². The van der Waals surface area contributed by atoms with Crippen molar-refractivity contribution in [1.29, 1.82) is 5.26 Å². The van der Waals surface area contributed by atoms with E-state index >= 15 is 0 Å². The highest BCUT2D eigenvalue weighted by Crippen LogP contribution is 2.03. The molecule has 4 heteroatoms. The van der Waals surface area contributed by atoms with E-state index in [1.54, 1.807) is 14.0 Å². The van der Waals surface area contributed by atoms with Crippen LogP contribution in [0.3, 0.4) is 0 Å². The van der Waals surface area contributed by atoms with Crippen molar-refractivity contribution in [3.05, 3.63) is 0 Å². The zero-order valence-corrected chi connectivity index (χ0v) is 10.3. The summed E-state index contributed by atoms with van der Waals surface area (Å²) >= 11 is 0. The van der Waals surface area contributed by atoms with E-state index in [-0.39, 0.29) is 11.9 Å². The van der Waals surface area contributed by atoms with E-state index in [0.717, 1.165) is 0 Å². The monoisotopic (exact) mass is 211 g/mol. The fraction of sp³-hybridized carbons (Fsp3) is 0.818. The van der Waals surface area contributed by atoms with Crippen LogP contribution in [0.2, 0.25) is 0 Å². The van der Waals surface area contributed by atoms with Gasteiger partial charge in [-0.2, -0.15) is 5.26 Å². The van der Waals surface area contributed by atoms with Gasteiger partial charge in [-0.25, -0.2) is 0 Å². The lowest BCUT2D eigenvalue weighted by Crippen LogP contribution is -2.44. The van der Waals surface area contributed by atoms with E-state index in [1.807, 2.05) is 7.05 Å². The Morgan fingerprint density at radius 3 is 2.27 bits per heavy atom. The maximum Gasteiger partial charge on any atom is 0.223 e. The van der Waals surface area contributed by atoms with Crippen molar-refractivity contribution in [2.24, 2.45) is 0 Å². The van der Waals surface area contributed by atoms with E-state index in [2.05, 4.69) is 24.8 Å². The fourth-order valence-corrected chi connectivity index (χ4v) is 1.16. The molecule has 0 aliphatic heterocycles. The van der Waals surface area contributed by atoms with Gasteiger partial charge in [0, 0.05) is 26.1 Å². The van der Waals surface area contributed by atoms with Crippen LogP contribution in [0.5, 0.6) is 0 Å². The molecular weight excluding hydrogens is 190 g/mol. The van der Waals surface area contributed by atoms with Gasteiger partial charge in [-0.15, -0.1) is 0 Å². The summed E-state index contributed by atoms with van der Waals surface area (Å²) in [6, 6.07) is 2.19. The lowest BCUT2D eigenvalue weighted by atomic mass is 10.2. The number of nitrogens with zero attached hydrogens (tertiary/aromatic N) is 3. The topological polar surface area (TPSA) is 47.3 Å². The van der Waals surface area contributed by atoms with Gasteiger partial charge in [-0.3, -0.25) is 4.79 Å². The second-order valence-electron chi connectivity index (χ2n) is 4.04. The van der Waals surface area contributed by atoms with Crippen LogP contribution in [-0.4, -0.2) is 48.4 Å². The number of rotatable bonds is 5. The number of nitriles is 1. The van der Waals surface area contributed by atoms with Gasteiger partial charge >= 0.3 is 0 Å². The van der Waals surface area contributed by atoms with Crippen LogP contribution in [0.1, 0.15) is 27.2 Å². The summed E-state index contributed by atoms with van der Waals surface area (Å²) < 4.78 is 0. The maximum absolute atomic E-state index is 11.4. The molecule has 0 spiro atoms. The van der Waals surface area contributed by atoms with Crippen LogP contribution in [0.4, 0.5) is 0 Å². The van der Waals surface area contributed by atoms with Crippen LogP contribution in [0.15, 0.2) is 0 Å². The Hall–Kier alpha value is -1.08. The summed E-state index contributed by atoms with van der Waals surface area (Å²) in [6.07, 6.45) is 0.445. The molecule has 0 N–H and O–H groups in total. The van der Waals surface area contributed by atoms with Gasteiger partial charge in [-0.05, 0) is 20.9 Å². The van der Waals surface area contributed by atoms with Crippen LogP contribution in [-0.2, 0) is 4.79 Å². The Kier molecular flexibility index (Phi) is 5.95. The summed E-state index contributed by atoms with van der Waals surface area (Å²) in [5, 5.41) is 9.00. The lowest BCUT2D eigenvalue weighted by Gasteiger charge is -2.28. The third-order valence-electron chi connectivity index (χ3n) is 2.65. The van der Waals surface area contributed by atoms with Crippen LogP contribution in [0.25, 0.3) is 0 Å². The molecule has 0 aromatic heterocycles. The second-order valence-corrected chi connectivity index (χ2v) is 4.04. The largest absolute Gasteiger partial charge is 0.328 e. The SMILES string of the molecule is CCC(=O)N(C)C(C#N)CN(C)C(C)C. The molecule has 0 bridgehead atoms. The molecule has 0 aromatic carbocycles. The van der Waals surface area contributed by atoms with Gasteiger partial charge in [0.1, 0.15) is 6.04 Å². The first-order valence-corrected chi connectivity index (χ1v) is 5.29. The fourth-order valence-electron chi connectivity index (χ4n) is 1.16. The van der Waals surface area contributed by atoms with Crippen molar-refractivity contribution in [3.63, 3.8) is 0 Å². The number of carbonyl (C=O) groups excluding carboxylic acids is 1. The Morgan fingerprint density at radius 2 is 1.93 bits per heavy atom. The number of carbonyl (C=O) groups is 1. The van der Waals surface area contributed by atoms with E-state index in [4.69, 9.17) is 5.26 Å². The Bertz CT molecular complexity index is 245.